The van der Waals surface area contributed by atoms with E-state index in [1.54, 1.807) is 0 Å². The highest BCUT2D eigenvalue weighted by Gasteiger charge is 2.31. The van der Waals surface area contributed by atoms with Gasteiger partial charge in [-0.15, -0.1) is 0 Å². The van der Waals surface area contributed by atoms with Crippen LogP contribution >= 0.6 is 0 Å². The van der Waals surface area contributed by atoms with E-state index in [1.165, 1.54) is 11.1 Å². The Hall–Kier alpha value is -2.83. The number of benzene rings is 2. The monoisotopic (exact) mass is 463 g/mol. The van der Waals surface area contributed by atoms with E-state index >= 15 is 0 Å². The van der Waals surface area contributed by atoms with E-state index in [4.69, 9.17) is 9.47 Å². The summed E-state index contributed by atoms with van der Waals surface area (Å²) in [5.74, 6) is 1.74. The molecule has 1 atom stereocenters. The molecule has 0 saturated carbocycles. The Balaban J connectivity index is 1.23. The van der Waals surface area contributed by atoms with Crippen LogP contribution in [-0.4, -0.2) is 51.7 Å². The lowest BCUT2D eigenvalue weighted by molar-refractivity contribution is -0.0170. The number of aliphatic hydroxyl groups is 1. The highest BCUT2D eigenvalue weighted by atomic mass is 16.5. The van der Waals surface area contributed by atoms with Crippen molar-refractivity contribution < 1.29 is 14.6 Å². The third-order valence-electron chi connectivity index (χ3n) is 6.52. The molecule has 4 rings (SSSR count). The Morgan fingerprint density at radius 3 is 2.53 bits per heavy atom. The van der Waals surface area contributed by atoms with Gasteiger partial charge in [0.2, 0.25) is 0 Å². The van der Waals surface area contributed by atoms with Crippen molar-refractivity contribution in [1.29, 1.82) is 0 Å². The molecular formula is C28H37N3O3. The molecule has 1 unspecified atom stereocenters. The van der Waals surface area contributed by atoms with Crippen LogP contribution in [0.15, 0.2) is 54.9 Å². The highest BCUT2D eigenvalue weighted by molar-refractivity contribution is 5.35. The van der Waals surface area contributed by atoms with Crippen LogP contribution in [0.3, 0.4) is 0 Å². The molecule has 1 aromatic heterocycles. The maximum atomic E-state index is 11.2. The lowest BCUT2D eigenvalue weighted by Crippen LogP contribution is -2.37. The third kappa shape index (κ3) is 6.84. The van der Waals surface area contributed by atoms with E-state index in [2.05, 4.69) is 48.1 Å². The first-order valence-corrected chi connectivity index (χ1v) is 12.2. The topological polar surface area (TPSA) is 59.8 Å². The van der Waals surface area contributed by atoms with E-state index in [1.807, 2.05) is 42.2 Å². The molecule has 1 saturated heterocycles. The summed E-state index contributed by atoms with van der Waals surface area (Å²) in [5.41, 5.74) is 3.97. The first kappa shape index (κ1) is 24.3. The van der Waals surface area contributed by atoms with E-state index < -0.39 is 5.60 Å². The molecule has 0 amide bonds. The summed E-state index contributed by atoms with van der Waals surface area (Å²) < 4.78 is 13.8. The number of likely N-dealkylation sites (tertiary alicyclic amines) is 1. The standard InChI is InChI=1S/C28H37N3O3/c1-22-5-10-27(24(3)17-22)34-21-28(32)11-4-13-30(14-12-28)20-25-6-8-26(9-7-25)33-16-15-31-19-23(2)18-29-31/h5-10,17-19,32H,4,11-16,20-21H2,1-3H3. The van der Waals surface area contributed by atoms with Gasteiger partial charge in [-0.2, -0.15) is 5.10 Å². The minimum absolute atomic E-state index is 0.342. The fourth-order valence-corrected chi connectivity index (χ4v) is 4.51. The van der Waals surface area contributed by atoms with Crippen molar-refractivity contribution in [3.05, 3.63) is 77.1 Å². The fourth-order valence-electron chi connectivity index (χ4n) is 4.51. The van der Waals surface area contributed by atoms with Crippen LogP contribution in [0.5, 0.6) is 11.5 Å². The van der Waals surface area contributed by atoms with Crippen LogP contribution in [0.2, 0.25) is 0 Å². The Morgan fingerprint density at radius 1 is 0.971 bits per heavy atom. The van der Waals surface area contributed by atoms with Gasteiger partial charge in [0.1, 0.15) is 24.7 Å². The first-order valence-electron chi connectivity index (χ1n) is 12.2. The number of hydrogen-bond donors (Lipinski definition) is 1. The van der Waals surface area contributed by atoms with Gasteiger partial charge < -0.3 is 14.6 Å². The molecule has 182 valence electrons. The van der Waals surface area contributed by atoms with Crippen molar-refractivity contribution in [2.75, 3.05) is 26.3 Å². The van der Waals surface area contributed by atoms with Gasteiger partial charge >= 0.3 is 0 Å². The number of aromatic nitrogens is 2. The molecule has 6 heteroatoms. The number of hydrogen-bond acceptors (Lipinski definition) is 5. The maximum Gasteiger partial charge on any atom is 0.122 e. The van der Waals surface area contributed by atoms with Crippen LogP contribution in [0.4, 0.5) is 0 Å². The average Bonchev–Trinajstić information content (AvgIpc) is 3.13. The highest BCUT2D eigenvalue weighted by Crippen LogP contribution is 2.26. The van der Waals surface area contributed by atoms with Gasteiger partial charge in [-0.1, -0.05) is 29.8 Å². The molecule has 1 aliphatic rings. The lowest BCUT2D eigenvalue weighted by Gasteiger charge is -2.27. The predicted molar refractivity (Wildman–Crippen MR) is 134 cm³/mol. The number of ether oxygens (including phenoxy) is 2. The van der Waals surface area contributed by atoms with E-state index in [0.717, 1.165) is 61.6 Å². The smallest absolute Gasteiger partial charge is 0.122 e. The van der Waals surface area contributed by atoms with Crippen LogP contribution in [0.1, 0.15) is 41.5 Å². The summed E-state index contributed by atoms with van der Waals surface area (Å²) in [7, 11) is 0. The lowest BCUT2D eigenvalue weighted by atomic mass is 9.96. The second kappa shape index (κ2) is 11.1. The SMILES string of the molecule is Cc1ccc(OCC2(O)CCCN(Cc3ccc(OCCn4cc(C)cn4)cc3)CC2)c(C)c1. The third-order valence-corrected chi connectivity index (χ3v) is 6.52. The molecule has 6 nitrogen and oxygen atoms in total. The van der Waals surface area contributed by atoms with E-state index in [9.17, 15) is 5.11 Å². The Bertz CT molecular complexity index is 1060. The molecule has 1 fully saturated rings. The van der Waals surface area contributed by atoms with Crippen molar-refractivity contribution in [2.24, 2.45) is 0 Å². The van der Waals surface area contributed by atoms with E-state index in [0.29, 0.717) is 19.6 Å². The van der Waals surface area contributed by atoms with Gasteiger partial charge in [0.25, 0.3) is 0 Å². The summed E-state index contributed by atoms with van der Waals surface area (Å²) in [5, 5.41) is 15.5. The van der Waals surface area contributed by atoms with Crippen molar-refractivity contribution in [3.8, 4) is 11.5 Å². The summed E-state index contributed by atoms with van der Waals surface area (Å²) in [6.45, 7) is 10.5. The molecule has 0 radical (unpaired) electrons. The molecule has 34 heavy (non-hydrogen) atoms. The summed E-state index contributed by atoms with van der Waals surface area (Å²) in [6, 6.07) is 14.5. The molecule has 0 spiro atoms. The molecule has 0 aliphatic carbocycles. The Labute approximate surface area is 203 Å². The van der Waals surface area contributed by atoms with Crippen LogP contribution < -0.4 is 9.47 Å². The molecule has 0 bridgehead atoms. The van der Waals surface area contributed by atoms with Crippen molar-refractivity contribution in [2.45, 2.75) is 58.7 Å². The second-order valence-corrected chi connectivity index (χ2v) is 9.68. The van der Waals surface area contributed by atoms with Gasteiger partial charge in [-0.3, -0.25) is 9.58 Å². The maximum absolute atomic E-state index is 11.2. The zero-order valence-corrected chi connectivity index (χ0v) is 20.7. The quantitative estimate of drug-likeness (QED) is 0.499. The summed E-state index contributed by atoms with van der Waals surface area (Å²) >= 11 is 0. The number of nitrogens with zero attached hydrogens (tertiary/aromatic N) is 3. The molecule has 1 N–H and O–H groups in total. The normalized spacial score (nSPS) is 19.1. The molecule has 2 aromatic carbocycles. The van der Waals surface area contributed by atoms with Gasteiger partial charge in [-0.05, 0) is 81.5 Å². The average molecular weight is 464 g/mol. The summed E-state index contributed by atoms with van der Waals surface area (Å²) in [6.07, 6.45) is 6.31. The zero-order valence-electron chi connectivity index (χ0n) is 20.7. The van der Waals surface area contributed by atoms with Gasteiger partial charge in [0.15, 0.2) is 0 Å². The minimum Gasteiger partial charge on any atom is -0.492 e. The van der Waals surface area contributed by atoms with Crippen molar-refractivity contribution in [3.63, 3.8) is 0 Å². The molecular weight excluding hydrogens is 426 g/mol. The molecule has 3 aromatic rings. The molecule has 2 heterocycles. The van der Waals surface area contributed by atoms with Crippen molar-refractivity contribution in [1.82, 2.24) is 14.7 Å². The van der Waals surface area contributed by atoms with Gasteiger partial charge in [-0.25, -0.2) is 0 Å². The first-order chi connectivity index (χ1) is 16.4. The Morgan fingerprint density at radius 2 is 1.79 bits per heavy atom. The fraction of sp³-hybridized carbons (Fsp3) is 0.464. The molecule has 1 aliphatic heterocycles. The van der Waals surface area contributed by atoms with Crippen LogP contribution in [0.25, 0.3) is 0 Å². The number of aryl methyl sites for hydroxylation is 3. The van der Waals surface area contributed by atoms with Crippen LogP contribution in [0, 0.1) is 20.8 Å². The predicted octanol–water partition coefficient (Wildman–Crippen LogP) is 4.68. The summed E-state index contributed by atoms with van der Waals surface area (Å²) in [4.78, 5) is 2.42. The van der Waals surface area contributed by atoms with E-state index in [-0.39, 0.29) is 0 Å². The Kier molecular flexibility index (Phi) is 7.91. The zero-order chi connectivity index (χ0) is 24.0. The van der Waals surface area contributed by atoms with Crippen molar-refractivity contribution >= 4 is 0 Å². The largest absolute Gasteiger partial charge is 0.492 e. The van der Waals surface area contributed by atoms with Gasteiger partial charge in [0.05, 0.1) is 18.3 Å². The minimum atomic E-state index is -0.781. The van der Waals surface area contributed by atoms with Gasteiger partial charge in [0, 0.05) is 19.3 Å². The number of rotatable bonds is 9. The van der Waals surface area contributed by atoms with Crippen LogP contribution in [-0.2, 0) is 13.1 Å². The second-order valence-electron chi connectivity index (χ2n) is 9.68.